The number of rotatable bonds is 6. The van der Waals surface area contributed by atoms with Crippen molar-refractivity contribution in [1.29, 1.82) is 0 Å². The summed E-state index contributed by atoms with van der Waals surface area (Å²) in [6, 6.07) is 0.627. The van der Waals surface area contributed by atoms with Gasteiger partial charge in [-0.3, -0.25) is 4.79 Å². The Morgan fingerprint density at radius 3 is 2.60 bits per heavy atom. The van der Waals surface area contributed by atoms with Crippen LogP contribution in [0, 0.1) is 10.8 Å². The van der Waals surface area contributed by atoms with E-state index in [1.54, 1.807) is 0 Å². The Balaban J connectivity index is 1.86. The molecule has 0 aromatic carbocycles. The molecule has 1 N–H and O–H groups in total. The van der Waals surface area contributed by atoms with Crippen LogP contribution in [0.4, 0.5) is 0 Å². The molecule has 2 aliphatic rings. The van der Waals surface area contributed by atoms with E-state index in [-0.39, 0.29) is 11.4 Å². The number of ether oxygens (including phenoxy) is 1. The number of hydrogen-bond acceptors (Lipinski definition) is 4. The highest BCUT2D eigenvalue weighted by atomic mass is 32.2. The number of carbonyl (C=O) groups is 1. The second kappa shape index (κ2) is 6.27. The van der Waals surface area contributed by atoms with Crippen molar-refractivity contribution in [2.24, 2.45) is 10.8 Å². The van der Waals surface area contributed by atoms with E-state index in [4.69, 9.17) is 4.74 Å². The second-order valence-corrected chi connectivity index (χ2v) is 8.63. The molecule has 116 valence electrons. The number of nitrogens with one attached hydrogen (secondary N) is 1. The molecular formula is C16H29NO2S. The quantitative estimate of drug-likeness (QED) is 0.764. The number of methoxy groups -OCH3 is 1. The topological polar surface area (TPSA) is 38.3 Å². The van der Waals surface area contributed by atoms with Crippen LogP contribution in [0.3, 0.4) is 0 Å². The van der Waals surface area contributed by atoms with Crippen molar-refractivity contribution in [3.05, 3.63) is 0 Å². The Bertz CT molecular complexity index is 352. The average molecular weight is 299 g/mol. The minimum Gasteiger partial charge on any atom is -0.469 e. The van der Waals surface area contributed by atoms with Crippen LogP contribution < -0.4 is 5.32 Å². The van der Waals surface area contributed by atoms with Crippen molar-refractivity contribution in [3.8, 4) is 0 Å². The summed E-state index contributed by atoms with van der Waals surface area (Å²) in [6.45, 7) is 4.77. The molecule has 0 spiro atoms. The van der Waals surface area contributed by atoms with Gasteiger partial charge in [0.2, 0.25) is 0 Å². The van der Waals surface area contributed by atoms with Gasteiger partial charge in [0.1, 0.15) is 0 Å². The first-order valence-corrected chi connectivity index (χ1v) is 8.80. The van der Waals surface area contributed by atoms with Crippen molar-refractivity contribution in [2.45, 2.75) is 63.7 Å². The average Bonchev–Trinajstić information content (AvgIpc) is 3.16. The van der Waals surface area contributed by atoms with Gasteiger partial charge in [-0.1, -0.05) is 13.8 Å². The van der Waals surface area contributed by atoms with Crippen LogP contribution in [0.1, 0.15) is 52.4 Å². The van der Waals surface area contributed by atoms with Crippen LogP contribution in [0.15, 0.2) is 0 Å². The van der Waals surface area contributed by atoms with Gasteiger partial charge in [-0.2, -0.15) is 11.8 Å². The van der Waals surface area contributed by atoms with Crippen molar-refractivity contribution >= 4 is 17.7 Å². The summed E-state index contributed by atoms with van der Waals surface area (Å²) in [7, 11) is 3.57. The number of thioether (sulfide) groups is 1. The zero-order valence-corrected chi connectivity index (χ0v) is 14.1. The molecule has 0 saturated heterocycles. The van der Waals surface area contributed by atoms with Gasteiger partial charge in [0.25, 0.3) is 0 Å². The van der Waals surface area contributed by atoms with E-state index >= 15 is 0 Å². The predicted molar refractivity (Wildman–Crippen MR) is 85.0 cm³/mol. The summed E-state index contributed by atoms with van der Waals surface area (Å²) in [5.74, 6) is 1.07. The first-order chi connectivity index (χ1) is 9.40. The van der Waals surface area contributed by atoms with Crippen LogP contribution in [-0.4, -0.2) is 37.2 Å². The van der Waals surface area contributed by atoms with Crippen LogP contribution in [-0.2, 0) is 9.53 Å². The van der Waals surface area contributed by atoms with E-state index < -0.39 is 0 Å². The Kier molecular flexibility index (Phi) is 5.06. The number of carbonyl (C=O) groups excluding carboxylic acids is 1. The Labute approximate surface area is 127 Å². The standard InChI is InChI=1S/C16H29NO2S/c1-15(2)6-5-12(17-3)13(9-15)20-11-16(7-8-16)10-14(18)19-4/h12-13,17H,5-11H2,1-4H3. The molecule has 2 aliphatic carbocycles. The normalized spacial score (nSPS) is 30.8. The summed E-state index contributed by atoms with van der Waals surface area (Å²) < 4.78 is 4.83. The van der Waals surface area contributed by atoms with E-state index in [0.717, 1.165) is 5.75 Å². The summed E-state index contributed by atoms with van der Waals surface area (Å²) in [5.41, 5.74) is 0.710. The van der Waals surface area contributed by atoms with Gasteiger partial charge in [-0.25, -0.2) is 0 Å². The summed E-state index contributed by atoms with van der Waals surface area (Å²) >= 11 is 2.08. The monoisotopic (exact) mass is 299 g/mol. The zero-order valence-electron chi connectivity index (χ0n) is 13.3. The Morgan fingerprint density at radius 1 is 1.35 bits per heavy atom. The molecule has 2 rings (SSSR count). The van der Waals surface area contributed by atoms with Crippen molar-refractivity contribution in [2.75, 3.05) is 19.9 Å². The van der Waals surface area contributed by atoms with Crippen molar-refractivity contribution < 1.29 is 9.53 Å². The molecule has 20 heavy (non-hydrogen) atoms. The van der Waals surface area contributed by atoms with Crippen LogP contribution >= 0.6 is 11.8 Å². The molecular weight excluding hydrogens is 270 g/mol. The van der Waals surface area contributed by atoms with Gasteiger partial charge in [-0.05, 0) is 55.7 Å². The molecule has 4 heteroatoms. The molecule has 0 heterocycles. The third kappa shape index (κ3) is 4.14. The van der Waals surface area contributed by atoms with E-state index in [1.165, 1.54) is 39.2 Å². The van der Waals surface area contributed by atoms with Gasteiger partial charge >= 0.3 is 5.97 Å². The SMILES string of the molecule is CNC1CCC(C)(C)CC1SCC1(CC(=O)OC)CC1. The molecule has 0 aromatic heterocycles. The highest BCUT2D eigenvalue weighted by Crippen LogP contribution is 2.53. The van der Waals surface area contributed by atoms with E-state index in [1.807, 2.05) is 0 Å². The van der Waals surface area contributed by atoms with Gasteiger partial charge < -0.3 is 10.1 Å². The first kappa shape index (κ1) is 16.2. The minimum atomic E-state index is -0.0442. The molecule has 2 atom stereocenters. The number of hydrogen-bond donors (Lipinski definition) is 1. The lowest BCUT2D eigenvalue weighted by molar-refractivity contribution is -0.141. The van der Waals surface area contributed by atoms with Crippen molar-refractivity contribution in [1.82, 2.24) is 5.32 Å². The molecule has 2 saturated carbocycles. The first-order valence-electron chi connectivity index (χ1n) is 7.75. The predicted octanol–water partition coefficient (Wildman–Crippen LogP) is 3.23. The summed E-state index contributed by atoms with van der Waals surface area (Å²) in [5, 5.41) is 4.17. The molecule has 2 unspecified atom stereocenters. The summed E-state index contributed by atoms with van der Waals surface area (Å²) in [6.07, 6.45) is 6.84. The lowest BCUT2D eigenvalue weighted by atomic mass is 9.75. The molecule has 0 bridgehead atoms. The second-order valence-electron chi connectivity index (χ2n) is 7.40. The van der Waals surface area contributed by atoms with Crippen molar-refractivity contribution in [3.63, 3.8) is 0 Å². The fourth-order valence-corrected chi connectivity index (χ4v) is 5.27. The Hall–Kier alpha value is -0.220. The lowest BCUT2D eigenvalue weighted by Gasteiger charge is -2.40. The van der Waals surface area contributed by atoms with E-state index in [9.17, 15) is 4.79 Å². The van der Waals surface area contributed by atoms with Gasteiger partial charge in [0.05, 0.1) is 13.5 Å². The third-order valence-electron chi connectivity index (χ3n) is 5.01. The molecule has 2 fully saturated rings. The van der Waals surface area contributed by atoms with E-state index in [2.05, 4.69) is 38.0 Å². The largest absolute Gasteiger partial charge is 0.469 e. The van der Waals surface area contributed by atoms with Gasteiger partial charge in [-0.15, -0.1) is 0 Å². The third-order valence-corrected chi connectivity index (χ3v) is 6.72. The fourth-order valence-electron chi connectivity index (χ4n) is 3.24. The molecule has 3 nitrogen and oxygen atoms in total. The van der Waals surface area contributed by atoms with Crippen LogP contribution in [0.5, 0.6) is 0 Å². The highest BCUT2D eigenvalue weighted by Gasteiger charge is 2.46. The van der Waals surface area contributed by atoms with Crippen LogP contribution in [0.2, 0.25) is 0 Å². The molecule has 0 radical (unpaired) electrons. The van der Waals surface area contributed by atoms with Gasteiger partial charge in [0, 0.05) is 11.3 Å². The molecule has 0 aliphatic heterocycles. The number of esters is 1. The maximum Gasteiger partial charge on any atom is 0.306 e. The lowest BCUT2D eigenvalue weighted by Crippen LogP contribution is -2.43. The highest BCUT2D eigenvalue weighted by molar-refractivity contribution is 8.00. The summed E-state index contributed by atoms with van der Waals surface area (Å²) in [4.78, 5) is 11.5. The van der Waals surface area contributed by atoms with Crippen LogP contribution in [0.25, 0.3) is 0 Å². The van der Waals surface area contributed by atoms with E-state index in [0.29, 0.717) is 23.1 Å². The Morgan fingerprint density at radius 2 is 2.05 bits per heavy atom. The van der Waals surface area contributed by atoms with Gasteiger partial charge in [0.15, 0.2) is 0 Å². The maximum absolute atomic E-state index is 11.5. The minimum absolute atomic E-state index is 0.0442. The zero-order chi connectivity index (χ0) is 14.8. The maximum atomic E-state index is 11.5. The molecule has 0 amide bonds. The molecule has 0 aromatic rings. The fraction of sp³-hybridized carbons (Fsp3) is 0.938. The smallest absolute Gasteiger partial charge is 0.306 e.